The Morgan fingerprint density at radius 1 is 0.571 bits per heavy atom. The van der Waals surface area contributed by atoms with Crippen molar-refractivity contribution in [1.29, 1.82) is 0 Å². The summed E-state index contributed by atoms with van der Waals surface area (Å²) in [4.78, 5) is 24.7. The van der Waals surface area contributed by atoms with Crippen LogP contribution in [0.2, 0.25) is 0 Å². The van der Waals surface area contributed by atoms with Crippen LogP contribution in [0.5, 0.6) is 0 Å². The highest BCUT2D eigenvalue weighted by molar-refractivity contribution is 6.03. The Morgan fingerprint density at radius 2 is 0.964 bits per heavy atom. The molecule has 138 valence electrons. The van der Waals surface area contributed by atoms with Crippen LogP contribution in [0.15, 0.2) is 72.8 Å². The third-order valence-electron chi connectivity index (χ3n) is 5.72. The second-order valence-electron chi connectivity index (χ2n) is 7.48. The number of fused-ring (bicyclic) bond motifs is 2. The maximum atomic E-state index is 12.3. The lowest BCUT2D eigenvalue weighted by Gasteiger charge is -2.12. The summed E-state index contributed by atoms with van der Waals surface area (Å²) in [6.07, 6.45) is 1.35. The molecule has 2 aliphatic rings. The van der Waals surface area contributed by atoms with Crippen molar-refractivity contribution in [3.8, 4) is 0 Å². The molecule has 2 amide bonds. The first-order valence-electron chi connectivity index (χ1n) is 9.56. The second kappa shape index (κ2) is 6.64. The van der Waals surface area contributed by atoms with Crippen LogP contribution in [-0.2, 0) is 22.4 Å². The third-order valence-corrected chi connectivity index (χ3v) is 5.72. The lowest BCUT2D eigenvalue weighted by atomic mass is 9.90. The number of anilines is 2. The molecule has 0 saturated heterocycles. The number of para-hydroxylation sites is 2. The molecule has 0 aromatic heterocycles. The van der Waals surface area contributed by atoms with Gasteiger partial charge in [-0.05, 0) is 47.2 Å². The van der Waals surface area contributed by atoms with E-state index >= 15 is 0 Å². The quantitative estimate of drug-likeness (QED) is 0.723. The Labute approximate surface area is 163 Å². The molecule has 2 atom stereocenters. The summed E-state index contributed by atoms with van der Waals surface area (Å²) in [5.41, 5.74) is 6.21. The number of amides is 2. The Balaban J connectivity index is 1.32. The van der Waals surface area contributed by atoms with Crippen molar-refractivity contribution in [2.45, 2.75) is 24.7 Å². The van der Waals surface area contributed by atoms with E-state index in [1.807, 2.05) is 48.5 Å². The average molecular weight is 368 g/mol. The smallest absolute Gasteiger partial charge is 0.232 e. The van der Waals surface area contributed by atoms with Gasteiger partial charge in [-0.1, -0.05) is 60.7 Å². The lowest BCUT2D eigenvalue weighted by molar-refractivity contribution is -0.117. The van der Waals surface area contributed by atoms with Crippen LogP contribution >= 0.6 is 0 Å². The summed E-state index contributed by atoms with van der Waals surface area (Å²) in [5.74, 6) is -0.168. The molecule has 0 aliphatic carbocycles. The molecule has 0 radical (unpaired) electrons. The van der Waals surface area contributed by atoms with Gasteiger partial charge in [0, 0.05) is 11.4 Å². The third kappa shape index (κ3) is 2.87. The first kappa shape index (κ1) is 16.8. The minimum Gasteiger partial charge on any atom is -0.325 e. The molecule has 2 unspecified atom stereocenters. The number of rotatable bonds is 4. The highest BCUT2D eigenvalue weighted by Crippen LogP contribution is 2.36. The molecule has 2 N–H and O–H groups in total. The monoisotopic (exact) mass is 368 g/mol. The number of benzene rings is 3. The fourth-order valence-corrected chi connectivity index (χ4v) is 4.24. The zero-order valence-electron chi connectivity index (χ0n) is 15.3. The predicted octanol–water partition coefficient (Wildman–Crippen LogP) is 4.24. The maximum absolute atomic E-state index is 12.3. The fourth-order valence-electron chi connectivity index (χ4n) is 4.24. The standard InChI is InChI=1S/C24H20N2O2/c27-23-19(17-5-1-3-7-21(17)25-23)13-15-9-11-16(12-10-15)14-20-18-6-2-4-8-22(18)26-24(20)28/h1-12,19-20H,13-14H2,(H,25,27)(H,26,28). The van der Waals surface area contributed by atoms with Gasteiger partial charge in [0.2, 0.25) is 11.8 Å². The summed E-state index contributed by atoms with van der Waals surface area (Å²) >= 11 is 0. The maximum Gasteiger partial charge on any atom is 0.232 e. The van der Waals surface area contributed by atoms with Crippen LogP contribution in [-0.4, -0.2) is 11.8 Å². The van der Waals surface area contributed by atoms with Crippen LogP contribution in [0, 0.1) is 0 Å². The van der Waals surface area contributed by atoms with Crippen LogP contribution in [0.4, 0.5) is 11.4 Å². The van der Waals surface area contributed by atoms with E-state index in [-0.39, 0.29) is 23.7 Å². The molecule has 0 bridgehead atoms. The van der Waals surface area contributed by atoms with Gasteiger partial charge < -0.3 is 10.6 Å². The summed E-state index contributed by atoms with van der Waals surface area (Å²) in [6, 6.07) is 24.0. The van der Waals surface area contributed by atoms with E-state index in [9.17, 15) is 9.59 Å². The van der Waals surface area contributed by atoms with Crippen molar-refractivity contribution >= 4 is 23.2 Å². The van der Waals surface area contributed by atoms with Crippen LogP contribution < -0.4 is 10.6 Å². The predicted molar refractivity (Wildman–Crippen MR) is 109 cm³/mol. The average Bonchev–Trinajstić information content (AvgIpc) is 3.20. The van der Waals surface area contributed by atoms with Gasteiger partial charge in [0.25, 0.3) is 0 Å². The van der Waals surface area contributed by atoms with Gasteiger partial charge in [-0.25, -0.2) is 0 Å². The first-order valence-corrected chi connectivity index (χ1v) is 9.56. The van der Waals surface area contributed by atoms with Crippen LogP contribution in [0.1, 0.15) is 34.1 Å². The molecule has 4 nitrogen and oxygen atoms in total. The van der Waals surface area contributed by atoms with Crippen molar-refractivity contribution in [1.82, 2.24) is 0 Å². The van der Waals surface area contributed by atoms with E-state index in [1.54, 1.807) is 0 Å². The van der Waals surface area contributed by atoms with Crippen LogP contribution in [0.25, 0.3) is 0 Å². The molecule has 28 heavy (non-hydrogen) atoms. The molecular formula is C24H20N2O2. The molecular weight excluding hydrogens is 348 g/mol. The molecule has 2 heterocycles. The van der Waals surface area contributed by atoms with Crippen molar-refractivity contribution in [3.63, 3.8) is 0 Å². The summed E-state index contributed by atoms with van der Waals surface area (Å²) < 4.78 is 0. The summed E-state index contributed by atoms with van der Waals surface area (Å²) in [5, 5.41) is 5.92. The van der Waals surface area contributed by atoms with Crippen molar-refractivity contribution in [2.75, 3.05) is 10.6 Å². The van der Waals surface area contributed by atoms with E-state index < -0.39 is 0 Å². The zero-order valence-corrected chi connectivity index (χ0v) is 15.3. The molecule has 0 spiro atoms. The van der Waals surface area contributed by atoms with E-state index in [0.29, 0.717) is 12.8 Å². The normalized spacial score (nSPS) is 19.7. The van der Waals surface area contributed by atoms with E-state index in [2.05, 4.69) is 34.9 Å². The number of carbonyl (C=O) groups is 2. The van der Waals surface area contributed by atoms with Gasteiger partial charge in [-0.15, -0.1) is 0 Å². The summed E-state index contributed by atoms with van der Waals surface area (Å²) in [7, 11) is 0. The number of hydrogen-bond donors (Lipinski definition) is 2. The highest BCUT2D eigenvalue weighted by atomic mass is 16.2. The second-order valence-corrected chi connectivity index (χ2v) is 7.48. The lowest BCUT2D eigenvalue weighted by Crippen LogP contribution is -2.15. The van der Waals surface area contributed by atoms with Gasteiger partial charge in [-0.3, -0.25) is 9.59 Å². The molecule has 5 rings (SSSR count). The Hall–Kier alpha value is -3.40. The van der Waals surface area contributed by atoms with Gasteiger partial charge in [0.05, 0.1) is 11.8 Å². The van der Waals surface area contributed by atoms with Crippen molar-refractivity contribution in [3.05, 3.63) is 95.1 Å². The van der Waals surface area contributed by atoms with Crippen LogP contribution in [0.3, 0.4) is 0 Å². The fraction of sp³-hybridized carbons (Fsp3) is 0.167. The van der Waals surface area contributed by atoms with Gasteiger partial charge in [0.1, 0.15) is 0 Å². The molecule has 3 aromatic carbocycles. The molecule has 2 aliphatic heterocycles. The first-order chi connectivity index (χ1) is 13.7. The number of hydrogen-bond acceptors (Lipinski definition) is 2. The minimum atomic E-state index is -0.144. The van der Waals surface area contributed by atoms with E-state index in [0.717, 1.165) is 33.6 Å². The Morgan fingerprint density at radius 3 is 1.39 bits per heavy atom. The number of nitrogens with one attached hydrogen (secondary N) is 2. The van der Waals surface area contributed by atoms with E-state index in [1.165, 1.54) is 0 Å². The highest BCUT2D eigenvalue weighted by Gasteiger charge is 2.31. The summed E-state index contributed by atoms with van der Waals surface area (Å²) in [6.45, 7) is 0. The Bertz CT molecular complexity index is 985. The minimum absolute atomic E-state index is 0.0597. The van der Waals surface area contributed by atoms with Gasteiger partial charge in [0.15, 0.2) is 0 Å². The van der Waals surface area contributed by atoms with Crippen molar-refractivity contribution < 1.29 is 9.59 Å². The molecule has 0 fully saturated rings. The zero-order chi connectivity index (χ0) is 19.1. The van der Waals surface area contributed by atoms with Gasteiger partial charge in [-0.2, -0.15) is 0 Å². The molecule has 4 heteroatoms. The molecule has 3 aromatic rings. The SMILES string of the molecule is O=C1Nc2ccccc2C1Cc1ccc(CC2C(=O)Nc3ccccc32)cc1. The topological polar surface area (TPSA) is 58.2 Å². The van der Waals surface area contributed by atoms with E-state index in [4.69, 9.17) is 0 Å². The Kier molecular flexibility index (Phi) is 3.97. The van der Waals surface area contributed by atoms with Crippen molar-refractivity contribution in [2.24, 2.45) is 0 Å². The molecule has 0 saturated carbocycles. The largest absolute Gasteiger partial charge is 0.325 e. The van der Waals surface area contributed by atoms with Gasteiger partial charge >= 0.3 is 0 Å². The number of carbonyl (C=O) groups excluding carboxylic acids is 2.